The summed E-state index contributed by atoms with van der Waals surface area (Å²) in [5.74, 6) is -0.0419. The maximum atomic E-state index is 13.4. The summed E-state index contributed by atoms with van der Waals surface area (Å²) in [5, 5.41) is 2.78. The smallest absolute Gasteiger partial charge is 0.329 e. The molecule has 10 nitrogen and oxygen atoms in total. The molecule has 1 aromatic heterocycles. The molecule has 3 aliphatic rings. The highest BCUT2D eigenvalue weighted by Crippen LogP contribution is 2.37. The van der Waals surface area contributed by atoms with Crippen LogP contribution in [0.25, 0.3) is 0 Å². The molecule has 2 aliphatic carbocycles. The molecule has 40 heavy (non-hydrogen) atoms. The fourth-order valence-corrected chi connectivity index (χ4v) is 5.87. The lowest BCUT2D eigenvalue weighted by atomic mass is 9.83. The van der Waals surface area contributed by atoms with Crippen molar-refractivity contribution in [2.24, 2.45) is 17.8 Å². The van der Waals surface area contributed by atoms with E-state index in [1.807, 2.05) is 6.92 Å². The molecular formula is C30H44N2O8. The van der Waals surface area contributed by atoms with E-state index < -0.39 is 30.0 Å². The first kappa shape index (κ1) is 30.2. The number of esters is 2. The van der Waals surface area contributed by atoms with Crippen molar-refractivity contribution in [3.63, 3.8) is 0 Å². The highest BCUT2D eigenvalue weighted by atomic mass is 16.6. The van der Waals surface area contributed by atoms with Gasteiger partial charge in [-0.05, 0) is 56.8 Å². The van der Waals surface area contributed by atoms with Crippen molar-refractivity contribution in [3.8, 4) is 11.5 Å². The van der Waals surface area contributed by atoms with Gasteiger partial charge in [0.05, 0.1) is 26.2 Å². The molecule has 222 valence electrons. The van der Waals surface area contributed by atoms with Crippen LogP contribution in [-0.2, 0) is 23.8 Å². The molecule has 0 spiro atoms. The Morgan fingerprint density at radius 3 is 2.52 bits per heavy atom. The van der Waals surface area contributed by atoms with Crippen LogP contribution in [0.3, 0.4) is 0 Å². The van der Waals surface area contributed by atoms with Crippen LogP contribution in [0.4, 0.5) is 0 Å². The summed E-state index contributed by atoms with van der Waals surface area (Å²) in [6, 6.07) is 0.632. The van der Waals surface area contributed by atoms with E-state index in [-0.39, 0.29) is 36.3 Å². The van der Waals surface area contributed by atoms with E-state index in [1.165, 1.54) is 65.0 Å². The van der Waals surface area contributed by atoms with Gasteiger partial charge in [-0.3, -0.25) is 9.59 Å². The average molecular weight is 561 g/mol. The lowest BCUT2D eigenvalue weighted by Gasteiger charge is -2.32. The standard InChI is InChI=1S/C30H44N2O8/c1-19-27(38-18-21-11-12-21)22(17-20-7-4-5-8-20)9-6-10-23(30(35)39-19)32-29(34)26-28(24(37-3)13-15-31-26)40-25(33)14-16-36-2/h13,15,19-23,27H,4-12,14,16-18H2,1-3H3,(H,32,34)/t19-,22+,23-,27-/m0/s1. The van der Waals surface area contributed by atoms with E-state index in [0.717, 1.165) is 19.3 Å². The number of nitrogens with one attached hydrogen (secondary N) is 1. The molecule has 3 fully saturated rings. The number of carbonyl (C=O) groups excluding carboxylic acids is 3. The van der Waals surface area contributed by atoms with Crippen molar-refractivity contribution >= 4 is 17.8 Å². The van der Waals surface area contributed by atoms with Gasteiger partial charge < -0.3 is 29.0 Å². The quantitative estimate of drug-likeness (QED) is 0.374. The summed E-state index contributed by atoms with van der Waals surface area (Å²) in [4.78, 5) is 43.1. The Morgan fingerprint density at radius 1 is 1.05 bits per heavy atom. The van der Waals surface area contributed by atoms with Gasteiger partial charge in [-0.25, -0.2) is 9.78 Å². The van der Waals surface area contributed by atoms with Crippen LogP contribution >= 0.6 is 0 Å². The van der Waals surface area contributed by atoms with Gasteiger partial charge in [-0.15, -0.1) is 0 Å². The first-order chi connectivity index (χ1) is 19.4. The van der Waals surface area contributed by atoms with Gasteiger partial charge in [0.25, 0.3) is 5.91 Å². The van der Waals surface area contributed by atoms with Gasteiger partial charge in [-0.1, -0.05) is 32.1 Å². The molecule has 1 saturated heterocycles. The van der Waals surface area contributed by atoms with E-state index in [2.05, 4.69) is 10.3 Å². The number of methoxy groups -OCH3 is 2. The van der Waals surface area contributed by atoms with Gasteiger partial charge in [0, 0.05) is 26.0 Å². The van der Waals surface area contributed by atoms with Crippen molar-refractivity contribution in [1.29, 1.82) is 0 Å². The third-order valence-corrected chi connectivity index (χ3v) is 8.25. The van der Waals surface area contributed by atoms with Gasteiger partial charge in [-0.2, -0.15) is 0 Å². The van der Waals surface area contributed by atoms with Gasteiger partial charge in [0.2, 0.25) is 5.75 Å². The highest BCUT2D eigenvalue weighted by Gasteiger charge is 2.38. The van der Waals surface area contributed by atoms with E-state index in [1.54, 1.807) is 0 Å². The Morgan fingerprint density at radius 2 is 1.82 bits per heavy atom. The molecule has 4 atom stereocenters. The predicted molar refractivity (Wildman–Crippen MR) is 146 cm³/mol. The summed E-state index contributed by atoms with van der Waals surface area (Å²) < 4.78 is 28.0. The molecule has 2 heterocycles. The fourth-order valence-electron chi connectivity index (χ4n) is 5.87. The molecular weight excluding hydrogens is 516 g/mol. The van der Waals surface area contributed by atoms with Crippen molar-refractivity contribution in [3.05, 3.63) is 18.0 Å². The maximum Gasteiger partial charge on any atom is 0.329 e. The summed E-state index contributed by atoms with van der Waals surface area (Å²) in [7, 11) is 2.89. The highest BCUT2D eigenvalue weighted by molar-refractivity contribution is 5.98. The molecule has 0 aromatic carbocycles. The number of carbonyl (C=O) groups is 3. The number of ether oxygens (including phenoxy) is 5. The van der Waals surface area contributed by atoms with Crippen LogP contribution < -0.4 is 14.8 Å². The third-order valence-electron chi connectivity index (χ3n) is 8.25. The zero-order chi connectivity index (χ0) is 28.5. The molecule has 4 rings (SSSR count). The maximum absolute atomic E-state index is 13.4. The van der Waals surface area contributed by atoms with Crippen LogP contribution in [0.2, 0.25) is 0 Å². The fraction of sp³-hybridized carbons (Fsp3) is 0.733. The molecule has 1 aromatic rings. The van der Waals surface area contributed by atoms with E-state index in [4.69, 9.17) is 23.7 Å². The SMILES string of the molecule is COCCC(=O)Oc1c(OC)ccnc1C(=O)N[C@H]1CCC[C@H](CC2CCCC2)[C@@H](OCC2CC2)[C@H](C)OC1=O. The molecule has 0 unspecified atom stereocenters. The van der Waals surface area contributed by atoms with E-state index >= 15 is 0 Å². The van der Waals surface area contributed by atoms with Crippen LogP contribution in [0.15, 0.2) is 12.3 Å². The topological polar surface area (TPSA) is 122 Å². The molecule has 0 bridgehead atoms. The van der Waals surface area contributed by atoms with Gasteiger partial charge in [0.15, 0.2) is 11.4 Å². The summed E-state index contributed by atoms with van der Waals surface area (Å²) >= 11 is 0. The minimum absolute atomic E-state index is 0.00550. The van der Waals surface area contributed by atoms with Crippen LogP contribution in [0.5, 0.6) is 11.5 Å². The zero-order valence-electron chi connectivity index (χ0n) is 24.0. The minimum Gasteiger partial charge on any atom is -0.493 e. The second-order valence-corrected chi connectivity index (χ2v) is 11.4. The lowest BCUT2D eigenvalue weighted by Crippen LogP contribution is -2.45. The second-order valence-electron chi connectivity index (χ2n) is 11.4. The third kappa shape index (κ3) is 8.39. The lowest BCUT2D eigenvalue weighted by molar-refractivity contribution is -0.161. The van der Waals surface area contributed by atoms with Crippen LogP contribution in [0.1, 0.15) is 88.0 Å². The van der Waals surface area contributed by atoms with Crippen LogP contribution in [0, 0.1) is 17.8 Å². The summed E-state index contributed by atoms with van der Waals surface area (Å²) in [5.41, 5.74) is -0.143. The van der Waals surface area contributed by atoms with Crippen molar-refractivity contribution in [2.45, 2.75) is 95.8 Å². The first-order valence-electron chi connectivity index (χ1n) is 14.7. The largest absolute Gasteiger partial charge is 0.493 e. The normalized spacial score (nSPS) is 25.8. The summed E-state index contributed by atoms with van der Waals surface area (Å²) in [6.07, 6.45) is 11.4. The zero-order valence-corrected chi connectivity index (χ0v) is 24.0. The van der Waals surface area contributed by atoms with Gasteiger partial charge >= 0.3 is 11.9 Å². The Balaban J connectivity index is 1.47. The molecule has 0 radical (unpaired) electrons. The number of nitrogens with zero attached hydrogens (tertiary/aromatic N) is 1. The van der Waals surface area contributed by atoms with Crippen molar-refractivity contribution in [1.82, 2.24) is 10.3 Å². The molecule has 1 amide bonds. The van der Waals surface area contributed by atoms with Crippen LogP contribution in [-0.4, -0.2) is 68.5 Å². The van der Waals surface area contributed by atoms with Gasteiger partial charge in [0.1, 0.15) is 12.1 Å². The second kappa shape index (κ2) is 14.8. The van der Waals surface area contributed by atoms with E-state index in [0.29, 0.717) is 30.8 Å². The number of pyridine rings is 1. The van der Waals surface area contributed by atoms with Crippen molar-refractivity contribution < 1.29 is 38.1 Å². The predicted octanol–water partition coefficient (Wildman–Crippen LogP) is 4.24. The number of aromatic nitrogens is 1. The number of rotatable bonds is 12. The Hall–Kier alpha value is -2.72. The number of hydrogen-bond donors (Lipinski definition) is 1. The Labute approximate surface area is 236 Å². The average Bonchev–Trinajstić information content (AvgIpc) is 3.62. The minimum atomic E-state index is -0.866. The summed E-state index contributed by atoms with van der Waals surface area (Å²) in [6.45, 7) is 2.78. The van der Waals surface area contributed by atoms with Crippen molar-refractivity contribution in [2.75, 3.05) is 27.4 Å². The number of hydrogen-bond acceptors (Lipinski definition) is 9. The monoisotopic (exact) mass is 560 g/mol. The number of cyclic esters (lactones) is 1. The first-order valence-corrected chi connectivity index (χ1v) is 14.7. The number of amides is 1. The molecule has 2 saturated carbocycles. The molecule has 1 aliphatic heterocycles. The molecule has 10 heteroatoms. The molecule has 1 N–H and O–H groups in total. The Bertz CT molecular complexity index is 1010. The Kier molecular flexibility index (Phi) is 11.2. The van der Waals surface area contributed by atoms with E-state index in [9.17, 15) is 14.4 Å².